The lowest BCUT2D eigenvalue weighted by Gasteiger charge is -2.12. The molecule has 1 aliphatic heterocycles. The Kier molecular flexibility index (Phi) is 6.38. The summed E-state index contributed by atoms with van der Waals surface area (Å²) in [6, 6.07) is 10.1. The molecule has 1 saturated heterocycles. The average molecular weight is 369 g/mol. The number of benzene rings is 1. The largest absolute Gasteiger partial charge is 0.462 e. The lowest BCUT2D eigenvalue weighted by atomic mass is 10.2. The second-order valence-electron chi connectivity index (χ2n) is 6.20. The molecule has 1 aromatic heterocycles. The van der Waals surface area contributed by atoms with E-state index in [0.29, 0.717) is 30.1 Å². The number of ether oxygens (including phenoxy) is 2. The molecule has 7 heteroatoms. The number of carbonyl (C=O) groups is 2. The molecular formula is C20H23N3O4. The molecule has 142 valence electrons. The monoisotopic (exact) mass is 369 g/mol. The van der Waals surface area contributed by atoms with E-state index in [-0.39, 0.29) is 18.0 Å². The van der Waals surface area contributed by atoms with Crippen molar-refractivity contribution in [1.82, 2.24) is 4.98 Å². The minimum atomic E-state index is -0.387. The lowest BCUT2D eigenvalue weighted by molar-refractivity contribution is 0.0526. The maximum absolute atomic E-state index is 12.4. The van der Waals surface area contributed by atoms with Crippen molar-refractivity contribution in [3.63, 3.8) is 0 Å². The minimum Gasteiger partial charge on any atom is -0.462 e. The van der Waals surface area contributed by atoms with Gasteiger partial charge in [-0.25, -0.2) is 4.79 Å². The van der Waals surface area contributed by atoms with Crippen LogP contribution in [0.5, 0.6) is 0 Å². The Balaban J connectivity index is 1.58. The number of pyridine rings is 1. The van der Waals surface area contributed by atoms with E-state index in [1.54, 1.807) is 43.5 Å². The van der Waals surface area contributed by atoms with Crippen LogP contribution in [0.25, 0.3) is 0 Å². The molecule has 7 nitrogen and oxygen atoms in total. The highest BCUT2D eigenvalue weighted by Crippen LogP contribution is 2.16. The fourth-order valence-electron chi connectivity index (χ4n) is 2.80. The van der Waals surface area contributed by atoms with Crippen molar-refractivity contribution in [2.75, 3.05) is 30.4 Å². The Morgan fingerprint density at radius 1 is 1.22 bits per heavy atom. The van der Waals surface area contributed by atoms with Gasteiger partial charge in [0.2, 0.25) is 0 Å². The summed E-state index contributed by atoms with van der Waals surface area (Å²) >= 11 is 0. The summed E-state index contributed by atoms with van der Waals surface area (Å²) in [6.45, 7) is 3.59. The molecule has 2 N–H and O–H groups in total. The molecule has 1 unspecified atom stereocenters. The van der Waals surface area contributed by atoms with Gasteiger partial charge < -0.3 is 20.1 Å². The van der Waals surface area contributed by atoms with Crippen LogP contribution < -0.4 is 10.6 Å². The number of carbonyl (C=O) groups excluding carboxylic acids is 2. The van der Waals surface area contributed by atoms with Crippen molar-refractivity contribution >= 4 is 23.3 Å². The van der Waals surface area contributed by atoms with Gasteiger partial charge >= 0.3 is 5.97 Å². The highest BCUT2D eigenvalue weighted by Gasteiger charge is 2.15. The summed E-state index contributed by atoms with van der Waals surface area (Å²) in [5.74, 6) is -0.707. The van der Waals surface area contributed by atoms with Gasteiger partial charge in [0.05, 0.1) is 18.3 Å². The van der Waals surface area contributed by atoms with Gasteiger partial charge in [-0.15, -0.1) is 0 Å². The lowest BCUT2D eigenvalue weighted by Crippen LogP contribution is -2.19. The normalized spacial score (nSPS) is 16.0. The first kappa shape index (κ1) is 18.8. The van der Waals surface area contributed by atoms with E-state index in [1.165, 1.54) is 0 Å². The molecule has 0 aliphatic carbocycles. The number of aromatic nitrogens is 1. The quantitative estimate of drug-likeness (QED) is 0.729. The number of amides is 1. The van der Waals surface area contributed by atoms with Crippen molar-refractivity contribution in [2.24, 2.45) is 0 Å². The maximum Gasteiger partial charge on any atom is 0.338 e. The average Bonchev–Trinajstić information content (AvgIpc) is 3.21. The number of nitrogens with zero attached hydrogens (tertiary/aromatic N) is 1. The summed E-state index contributed by atoms with van der Waals surface area (Å²) in [6.07, 6.45) is 3.95. The van der Waals surface area contributed by atoms with Crippen LogP contribution in [-0.2, 0) is 9.47 Å². The molecular weight excluding hydrogens is 346 g/mol. The van der Waals surface area contributed by atoms with Crippen LogP contribution in [0, 0.1) is 0 Å². The van der Waals surface area contributed by atoms with Crippen LogP contribution in [0.1, 0.15) is 40.6 Å². The number of nitrogens with one attached hydrogen (secondary N) is 2. The van der Waals surface area contributed by atoms with Crippen LogP contribution >= 0.6 is 0 Å². The zero-order valence-corrected chi connectivity index (χ0v) is 15.2. The van der Waals surface area contributed by atoms with E-state index >= 15 is 0 Å². The molecule has 27 heavy (non-hydrogen) atoms. The standard InChI is InChI=1S/C20H23N3O4/c1-2-26-20(25)14-5-7-15(8-6-14)23-19(24)18-12-16(9-10-21-18)22-13-17-4-3-11-27-17/h5-10,12,17H,2-4,11,13H2,1H3,(H,21,22)(H,23,24). The summed E-state index contributed by atoms with van der Waals surface area (Å²) in [7, 11) is 0. The molecule has 1 fully saturated rings. The molecule has 0 spiro atoms. The van der Waals surface area contributed by atoms with Gasteiger partial charge in [0.1, 0.15) is 5.69 Å². The highest BCUT2D eigenvalue weighted by molar-refractivity contribution is 6.03. The predicted octanol–water partition coefficient (Wildman–Crippen LogP) is 3.10. The van der Waals surface area contributed by atoms with Crippen LogP contribution in [-0.4, -0.2) is 42.7 Å². The molecule has 0 bridgehead atoms. The molecule has 0 saturated carbocycles. The number of esters is 1. The van der Waals surface area contributed by atoms with Gasteiger partial charge in [-0.3, -0.25) is 9.78 Å². The Bertz CT molecular complexity index is 786. The van der Waals surface area contributed by atoms with Gasteiger partial charge in [0.15, 0.2) is 0 Å². The van der Waals surface area contributed by atoms with Crippen LogP contribution in [0.3, 0.4) is 0 Å². The number of anilines is 2. The van der Waals surface area contributed by atoms with Gasteiger partial charge in [0.25, 0.3) is 5.91 Å². The third kappa shape index (κ3) is 5.27. The first-order valence-corrected chi connectivity index (χ1v) is 9.06. The summed E-state index contributed by atoms with van der Waals surface area (Å²) < 4.78 is 10.5. The van der Waals surface area contributed by atoms with Gasteiger partial charge in [-0.2, -0.15) is 0 Å². The predicted molar refractivity (Wildman–Crippen MR) is 102 cm³/mol. The summed E-state index contributed by atoms with van der Waals surface area (Å²) in [5, 5.41) is 6.06. The molecule has 1 aromatic carbocycles. The SMILES string of the molecule is CCOC(=O)c1ccc(NC(=O)c2cc(NCC3CCCO3)ccn2)cc1. The van der Waals surface area contributed by atoms with Crippen molar-refractivity contribution in [3.8, 4) is 0 Å². The van der Waals surface area contributed by atoms with Crippen molar-refractivity contribution < 1.29 is 19.1 Å². The van der Waals surface area contributed by atoms with Crippen molar-refractivity contribution in [3.05, 3.63) is 53.9 Å². The molecule has 1 aliphatic rings. The maximum atomic E-state index is 12.4. The van der Waals surface area contributed by atoms with E-state index in [9.17, 15) is 9.59 Å². The van der Waals surface area contributed by atoms with Gasteiger partial charge in [0, 0.05) is 30.7 Å². The first-order valence-electron chi connectivity index (χ1n) is 9.06. The molecule has 3 rings (SSSR count). The van der Waals surface area contributed by atoms with E-state index in [4.69, 9.17) is 9.47 Å². The number of hydrogen-bond acceptors (Lipinski definition) is 6. The molecule has 1 atom stereocenters. The van der Waals surface area contributed by atoms with E-state index in [1.807, 2.05) is 6.07 Å². The Morgan fingerprint density at radius 3 is 2.74 bits per heavy atom. The second-order valence-corrected chi connectivity index (χ2v) is 6.20. The fraction of sp³-hybridized carbons (Fsp3) is 0.350. The molecule has 2 heterocycles. The minimum absolute atomic E-state index is 0.216. The second kappa shape index (κ2) is 9.14. The zero-order valence-electron chi connectivity index (χ0n) is 15.2. The van der Waals surface area contributed by atoms with Gasteiger partial charge in [-0.1, -0.05) is 0 Å². The van der Waals surface area contributed by atoms with E-state index in [2.05, 4.69) is 15.6 Å². The van der Waals surface area contributed by atoms with Crippen molar-refractivity contribution in [2.45, 2.75) is 25.9 Å². The van der Waals surface area contributed by atoms with E-state index in [0.717, 1.165) is 25.1 Å². The van der Waals surface area contributed by atoms with Gasteiger partial charge in [-0.05, 0) is 56.2 Å². The zero-order chi connectivity index (χ0) is 19.1. The first-order chi connectivity index (χ1) is 13.2. The topological polar surface area (TPSA) is 89.5 Å². The van der Waals surface area contributed by atoms with Crippen molar-refractivity contribution in [1.29, 1.82) is 0 Å². The van der Waals surface area contributed by atoms with Crippen LogP contribution in [0.15, 0.2) is 42.6 Å². The summed E-state index contributed by atoms with van der Waals surface area (Å²) in [4.78, 5) is 28.2. The highest BCUT2D eigenvalue weighted by atomic mass is 16.5. The Labute approximate surface area is 158 Å². The smallest absolute Gasteiger partial charge is 0.338 e. The number of rotatable bonds is 7. The third-order valence-corrected chi connectivity index (χ3v) is 4.20. The van der Waals surface area contributed by atoms with E-state index < -0.39 is 0 Å². The molecule has 2 aromatic rings. The number of hydrogen-bond donors (Lipinski definition) is 2. The summed E-state index contributed by atoms with van der Waals surface area (Å²) in [5.41, 5.74) is 2.14. The van der Waals surface area contributed by atoms with Crippen LogP contribution in [0.4, 0.5) is 11.4 Å². The molecule has 0 radical (unpaired) electrons. The Morgan fingerprint density at radius 2 is 2.04 bits per heavy atom. The fourth-order valence-corrected chi connectivity index (χ4v) is 2.80. The third-order valence-electron chi connectivity index (χ3n) is 4.20. The van der Waals surface area contributed by atoms with Crippen LogP contribution in [0.2, 0.25) is 0 Å². The Hall–Kier alpha value is -2.93. The molecule has 1 amide bonds.